The first-order valence-corrected chi connectivity index (χ1v) is 5.40. The number of hydrogen-bond donors (Lipinski definition) is 1. The van der Waals surface area contributed by atoms with Gasteiger partial charge < -0.3 is 5.32 Å². The first-order chi connectivity index (χ1) is 8.72. The van der Waals surface area contributed by atoms with E-state index < -0.39 is 0 Å². The van der Waals surface area contributed by atoms with Gasteiger partial charge in [0, 0.05) is 12.2 Å². The number of aromatic nitrogens is 2. The molecule has 0 atom stereocenters. The van der Waals surface area contributed by atoms with Crippen molar-refractivity contribution in [3.8, 4) is 5.69 Å². The van der Waals surface area contributed by atoms with Crippen molar-refractivity contribution in [2.24, 2.45) is 0 Å². The van der Waals surface area contributed by atoms with Gasteiger partial charge in [-0.05, 0) is 24.3 Å². The van der Waals surface area contributed by atoms with E-state index in [9.17, 15) is 9.18 Å². The van der Waals surface area contributed by atoms with Crippen LogP contribution >= 0.6 is 0 Å². The summed E-state index contributed by atoms with van der Waals surface area (Å²) >= 11 is 0. The quantitative estimate of drug-likeness (QED) is 0.836. The predicted molar refractivity (Wildman–Crippen MR) is 66.1 cm³/mol. The normalized spacial score (nSPS) is 10.1. The molecule has 0 aliphatic heterocycles. The minimum absolute atomic E-state index is 0.253. The highest BCUT2D eigenvalue weighted by atomic mass is 19.1. The number of amides is 1. The van der Waals surface area contributed by atoms with Gasteiger partial charge in [-0.2, -0.15) is 0 Å². The summed E-state index contributed by atoms with van der Waals surface area (Å²) in [6, 6.07) is 5.84. The zero-order chi connectivity index (χ0) is 13.0. The summed E-state index contributed by atoms with van der Waals surface area (Å²) in [6.07, 6.45) is 4.56. The summed E-state index contributed by atoms with van der Waals surface area (Å²) < 4.78 is 14.4. The molecule has 1 heterocycles. The lowest BCUT2D eigenvalue weighted by molar-refractivity contribution is 0.0951. The molecular formula is C13H12FN3O. The molecule has 1 N–H and O–H groups in total. The Labute approximate surface area is 104 Å². The number of carbonyl (C=O) groups excluding carboxylic acids is 1. The van der Waals surface area contributed by atoms with Crippen LogP contribution in [0.25, 0.3) is 5.69 Å². The van der Waals surface area contributed by atoms with Crippen LogP contribution in [-0.2, 0) is 0 Å². The molecule has 4 nitrogen and oxygen atoms in total. The van der Waals surface area contributed by atoms with Gasteiger partial charge in [-0.15, -0.1) is 6.58 Å². The summed E-state index contributed by atoms with van der Waals surface area (Å²) in [4.78, 5) is 15.8. The van der Waals surface area contributed by atoms with Gasteiger partial charge in [0.15, 0.2) is 0 Å². The second kappa shape index (κ2) is 5.27. The summed E-state index contributed by atoms with van der Waals surface area (Å²) in [5.74, 6) is -0.576. The molecule has 1 aromatic carbocycles. The molecule has 0 aliphatic carbocycles. The number of carbonyl (C=O) groups is 1. The van der Waals surface area contributed by atoms with Crippen LogP contribution in [0.4, 0.5) is 4.39 Å². The largest absolute Gasteiger partial charge is 0.347 e. The zero-order valence-corrected chi connectivity index (χ0v) is 9.64. The molecule has 0 radical (unpaired) electrons. The van der Waals surface area contributed by atoms with E-state index in [2.05, 4.69) is 16.9 Å². The van der Waals surface area contributed by atoms with Crippen LogP contribution in [-0.4, -0.2) is 22.0 Å². The Kier molecular flexibility index (Phi) is 3.52. The minimum atomic E-state index is -0.323. The highest BCUT2D eigenvalue weighted by Gasteiger charge is 2.11. The maximum atomic E-state index is 12.8. The first kappa shape index (κ1) is 12.0. The maximum Gasteiger partial charge on any atom is 0.270 e. The predicted octanol–water partition coefficient (Wildman–Crippen LogP) is 1.93. The van der Waals surface area contributed by atoms with E-state index in [1.807, 2.05) is 0 Å². The molecule has 0 saturated carbocycles. The summed E-state index contributed by atoms with van der Waals surface area (Å²) in [5.41, 5.74) is 1.07. The Morgan fingerprint density at radius 2 is 2.17 bits per heavy atom. The number of rotatable bonds is 4. The van der Waals surface area contributed by atoms with Crippen LogP contribution in [0.5, 0.6) is 0 Å². The molecule has 5 heteroatoms. The molecule has 0 saturated heterocycles. The van der Waals surface area contributed by atoms with Gasteiger partial charge in [0.2, 0.25) is 0 Å². The van der Waals surface area contributed by atoms with Crippen molar-refractivity contribution in [3.05, 3.63) is 61.0 Å². The number of nitrogens with one attached hydrogen (secondary N) is 1. The molecular weight excluding hydrogens is 233 g/mol. The third-order valence-corrected chi connectivity index (χ3v) is 2.38. The second-order valence-corrected chi connectivity index (χ2v) is 3.62. The fraction of sp³-hybridized carbons (Fsp3) is 0.0769. The number of imidazole rings is 1. The van der Waals surface area contributed by atoms with Crippen LogP contribution in [0, 0.1) is 5.82 Å². The van der Waals surface area contributed by atoms with Gasteiger partial charge in [-0.1, -0.05) is 6.08 Å². The highest BCUT2D eigenvalue weighted by Crippen LogP contribution is 2.12. The molecule has 0 spiro atoms. The fourth-order valence-corrected chi connectivity index (χ4v) is 1.53. The van der Waals surface area contributed by atoms with Crippen LogP contribution in [0.15, 0.2) is 49.4 Å². The Morgan fingerprint density at radius 1 is 1.44 bits per heavy atom. The average molecular weight is 245 g/mol. The summed E-state index contributed by atoms with van der Waals surface area (Å²) in [7, 11) is 0. The summed E-state index contributed by atoms with van der Waals surface area (Å²) in [6.45, 7) is 3.91. The molecule has 0 fully saturated rings. The van der Waals surface area contributed by atoms with E-state index in [4.69, 9.17) is 0 Å². The van der Waals surface area contributed by atoms with E-state index in [0.29, 0.717) is 17.9 Å². The van der Waals surface area contributed by atoms with Gasteiger partial charge in [-0.3, -0.25) is 9.36 Å². The molecule has 1 amide bonds. The van der Waals surface area contributed by atoms with E-state index in [0.717, 1.165) is 0 Å². The van der Waals surface area contributed by atoms with E-state index in [-0.39, 0.29) is 11.7 Å². The van der Waals surface area contributed by atoms with Crippen molar-refractivity contribution in [2.45, 2.75) is 0 Å². The van der Waals surface area contributed by atoms with Gasteiger partial charge >= 0.3 is 0 Å². The molecule has 0 unspecified atom stereocenters. The second-order valence-electron chi connectivity index (χ2n) is 3.62. The van der Waals surface area contributed by atoms with Crippen molar-refractivity contribution in [2.75, 3.05) is 6.54 Å². The minimum Gasteiger partial charge on any atom is -0.347 e. The Morgan fingerprint density at radius 3 is 2.83 bits per heavy atom. The third kappa shape index (κ3) is 2.45. The van der Waals surface area contributed by atoms with Crippen LogP contribution in [0.2, 0.25) is 0 Å². The fourth-order valence-electron chi connectivity index (χ4n) is 1.53. The van der Waals surface area contributed by atoms with E-state index >= 15 is 0 Å². The van der Waals surface area contributed by atoms with Crippen molar-refractivity contribution < 1.29 is 9.18 Å². The molecule has 2 aromatic rings. The topological polar surface area (TPSA) is 46.9 Å². The molecule has 92 valence electrons. The monoisotopic (exact) mass is 245 g/mol. The van der Waals surface area contributed by atoms with Crippen molar-refractivity contribution in [1.29, 1.82) is 0 Å². The van der Waals surface area contributed by atoms with Crippen LogP contribution in [0.3, 0.4) is 0 Å². The average Bonchev–Trinajstić information content (AvgIpc) is 2.86. The number of benzene rings is 1. The van der Waals surface area contributed by atoms with Gasteiger partial charge in [-0.25, -0.2) is 9.37 Å². The Balaban J connectivity index is 2.29. The number of halogens is 1. The first-order valence-electron chi connectivity index (χ1n) is 5.40. The molecule has 2 rings (SSSR count). The SMILES string of the molecule is C=CCNC(=O)c1cncn1-c1ccc(F)cc1. The smallest absolute Gasteiger partial charge is 0.270 e. The number of hydrogen-bond acceptors (Lipinski definition) is 2. The third-order valence-electron chi connectivity index (χ3n) is 2.38. The Hall–Kier alpha value is -2.43. The molecule has 18 heavy (non-hydrogen) atoms. The van der Waals surface area contributed by atoms with Crippen LogP contribution < -0.4 is 5.32 Å². The zero-order valence-electron chi connectivity index (χ0n) is 9.64. The standard InChI is InChI=1S/C13H12FN3O/c1-2-7-16-13(18)12-8-15-9-17(12)11-5-3-10(14)4-6-11/h2-6,8-9H,1,7H2,(H,16,18). The highest BCUT2D eigenvalue weighted by molar-refractivity contribution is 5.93. The van der Waals surface area contributed by atoms with Crippen molar-refractivity contribution in [3.63, 3.8) is 0 Å². The van der Waals surface area contributed by atoms with E-state index in [1.54, 1.807) is 22.8 Å². The van der Waals surface area contributed by atoms with Crippen molar-refractivity contribution in [1.82, 2.24) is 14.9 Å². The lowest BCUT2D eigenvalue weighted by Gasteiger charge is -2.07. The molecule has 0 bridgehead atoms. The molecule has 0 aliphatic rings. The van der Waals surface area contributed by atoms with Crippen LogP contribution in [0.1, 0.15) is 10.5 Å². The van der Waals surface area contributed by atoms with Gasteiger partial charge in [0.05, 0.1) is 12.5 Å². The lowest BCUT2D eigenvalue weighted by Crippen LogP contribution is -2.25. The van der Waals surface area contributed by atoms with Crippen molar-refractivity contribution >= 4 is 5.91 Å². The lowest BCUT2D eigenvalue weighted by atomic mass is 10.3. The van der Waals surface area contributed by atoms with Gasteiger partial charge in [0.25, 0.3) is 5.91 Å². The van der Waals surface area contributed by atoms with E-state index in [1.165, 1.54) is 24.7 Å². The Bertz CT molecular complexity index is 560. The molecule has 1 aromatic heterocycles. The summed E-state index contributed by atoms with van der Waals surface area (Å²) in [5, 5.41) is 2.66. The maximum absolute atomic E-state index is 12.8. The number of nitrogens with zero attached hydrogens (tertiary/aromatic N) is 2. The van der Waals surface area contributed by atoms with Gasteiger partial charge in [0.1, 0.15) is 11.5 Å².